The molecule has 64 valence electrons. The quantitative estimate of drug-likeness (QED) is 0.497. The van der Waals surface area contributed by atoms with E-state index in [1.807, 2.05) is 0 Å². The fourth-order valence-electron chi connectivity index (χ4n) is 0.430. The third-order valence-electron chi connectivity index (χ3n) is 0.873. The van der Waals surface area contributed by atoms with Crippen molar-refractivity contribution in [3.05, 3.63) is 0 Å². The van der Waals surface area contributed by atoms with E-state index in [4.69, 9.17) is 5.73 Å². The van der Waals surface area contributed by atoms with Crippen LogP contribution in [0.2, 0.25) is 0 Å². The van der Waals surface area contributed by atoms with E-state index in [9.17, 15) is 9.59 Å². The molecular weight excluding hydrogens is 148 g/mol. The Morgan fingerprint density at radius 2 is 2.18 bits per heavy atom. The summed E-state index contributed by atoms with van der Waals surface area (Å²) in [6.45, 7) is 1.80. The fourth-order valence-corrected chi connectivity index (χ4v) is 0.430. The van der Waals surface area contributed by atoms with Gasteiger partial charge in [-0.2, -0.15) is 0 Å². The topological polar surface area (TPSA) is 81.4 Å². The molecule has 0 heterocycles. The van der Waals surface area contributed by atoms with Gasteiger partial charge >= 0.3 is 5.97 Å². The number of nitrogens with two attached hydrogens (primary N) is 1. The van der Waals surface area contributed by atoms with Gasteiger partial charge in [-0.1, -0.05) is 0 Å². The summed E-state index contributed by atoms with van der Waals surface area (Å²) in [6.07, 6.45) is 0. The first-order chi connectivity index (χ1) is 5.16. The number of rotatable bonds is 4. The maximum Gasteiger partial charge on any atom is 0.303 e. The van der Waals surface area contributed by atoms with Crippen molar-refractivity contribution in [1.29, 1.82) is 0 Å². The van der Waals surface area contributed by atoms with Gasteiger partial charge in [0.25, 0.3) is 5.91 Å². The van der Waals surface area contributed by atoms with Gasteiger partial charge in [-0.05, 0) is 0 Å². The molecule has 1 amide bonds. The summed E-state index contributed by atoms with van der Waals surface area (Å²) in [4.78, 5) is 20.9. The lowest BCUT2D eigenvalue weighted by Gasteiger charge is -2.02. The zero-order valence-electron chi connectivity index (χ0n) is 6.42. The van der Waals surface area contributed by atoms with Crippen LogP contribution in [0, 0.1) is 0 Å². The zero-order valence-corrected chi connectivity index (χ0v) is 6.42. The predicted molar refractivity (Wildman–Crippen MR) is 38.7 cm³/mol. The molecule has 0 spiro atoms. The number of esters is 1. The van der Waals surface area contributed by atoms with Crippen molar-refractivity contribution in [1.82, 2.24) is 5.32 Å². The Hall–Kier alpha value is -1.10. The highest BCUT2D eigenvalue weighted by Crippen LogP contribution is 1.75. The SMILES string of the molecule is CC(=O)OCC(=O)NCCN. The van der Waals surface area contributed by atoms with Crippen molar-refractivity contribution in [2.75, 3.05) is 19.7 Å². The van der Waals surface area contributed by atoms with E-state index in [0.717, 1.165) is 0 Å². The van der Waals surface area contributed by atoms with Crippen LogP contribution in [-0.4, -0.2) is 31.6 Å². The number of carbonyl (C=O) groups excluding carboxylic acids is 2. The van der Waals surface area contributed by atoms with Crippen LogP contribution in [0.5, 0.6) is 0 Å². The molecule has 0 bridgehead atoms. The second-order valence-corrected chi connectivity index (χ2v) is 1.92. The molecule has 0 radical (unpaired) electrons. The summed E-state index contributed by atoms with van der Waals surface area (Å²) in [6, 6.07) is 0. The summed E-state index contributed by atoms with van der Waals surface area (Å²) in [5.74, 6) is -0.793. The summed E-state index contributed by atoms with van der Waals surface area (Å²) in [5, 5.41) is 2.45. The van der Waals surface area contributed by atoms with E-state index in [1.165, 1.54) is 6.92 Å². The van der Waals surface area contributed by atoms with Crippen molar-refractivity contribution < 1.29 is 14.3 Å². The molecule has 11 heavy (non-hydrogen) atoms. The lowest BCUT2D eigenvalue weighted by molar-refractivity contribution is -0.146. The zero-order chi connectivity index (χ0) is 8.69. The van der Waals surface area contributed by atoms with Gasteiger partial charge in [0.15, 0.2) is 6.61 Å². The first-order valence-electron chi connectivity index (χ1n) is 3.27. The van der Waals surface area contributed by atoms with E-state index in [1.54, 1.807) is 0 Å². The average molecular weight is 160 g/mol. The van der Waals surface area contributed by atoms with Crippen LogP contribution < -0.4 is 11.1 Å². The Morgan fingerprint density at radius 1 is 1.55 bits per heavy atom. The molecule has 0 aromatic rings. The molecule has 0 saturated heterocycles. The highest BCUT2D eigenvalue weighted by Gasteiger charge is 2.00. The van der Waals surface area contributed by atoms with Gasteiger partial charge in [-0.3, -0.25) is 9.59 Å². The molecule has 0 aliphatic rings. The standard InChI is InChI=1S/C6H12N2O3/c1-5(9)11-4-6(10)8-3-2-7/h2-4,7H2,1H3,(H,8,10). The van der Waals surface area contributed by atoms with Crippen LogP contribution in [0.1, 0.15) is 6.92 Å². The maximum absolute atomic E-state index is 10.7. The Morgan fingerprint density at radius 3 is 2.64 bits per heavy atom. The van der Waals surface area contributed by atoms with E-state index in [2.05, 4.69) is 10.1 Å². The van der Waals surface area contributed by atoms with Crippen LogP contribution in [-0.2, 0) is 14.3 Å². The third kappa shape index (κ3) is 6.79. The van der Waals surface area contributed by atoms with Crippen molar-refractivity contribution in [3.63, 3.8) is 0 Å². The smallest absolute Gasteiger partial charge is 0.303 e. The first kappa shape index (κ1) is 9.90. The van der Waals surface area contributed by atoms with Gasteiger partial charge in [0, 0.05) is 20.0 Å². The highest BCUT2D eigenvalue weighted by atomic mass is 16.5. The molecule has 0 saturated carbocycles. The molecule has 0 atom stereocenters. The summed E-state index contributed by atoms with van der Waals surface area (Å²) in [7, 11) is 0. The van der Waals surface area contributed by atoms with Gasteiger partial charge in [-0.25, -0.2) is 0 Å². The number of nitrogens with one attached hydrogen (secondary N) is 1. The Kier molecular flexibility index (Phi) is 5.10. The van der Waals surface area contributed by atoms with Gasteiger partial charge in [0.2, 0.25) is 0 Å². The minimum Gasteiger partial charge on any atom is -0.456 e. The minimum atomic E-state index is -0.465. The lowest BCUT2D eigenvalue weighted by Crippen LogP contribution is -2.32. The second kappa shape index (κ2) is 5.67. The van der Waals surface area contributed by atoms with Crippen LogP contribution >= 0.6 is 0 Å². The van der Waals surface area contributed by atoms with Gasteiger partial charge in [-0.15, -0.1) is 0 Å². The molecule has 0 unspecified atom stereocenters. The molecule has 0 aromatic carbocycles. The normalized spacial score (nSPS) is 8.91. The van der Waals surface area contributed by atoms with Crippen molar-refractivity contribution in [2.24, 2.45) is 5.73 Å². The van der Waals surface area contributed by atoms with E-state index < -0.39 is 5.97 Å². The van der Waals surface area contributed by atoms with Crippen LogP contribution in [0.15, 0.2) is 0 Å². The van der Waals surface area contributed by atoms with Crippen molar-refractivity contribution in [2.45, 2.75) is 6.92 Å². The van der Waals surface area contributed by atoms with Crippen LogP contribution in [0.3, 0.4) is 0 Å². The lowest BCUT2D eigenvalue weighted by atomic mass is 10.5. The molecule has 0 fully saturated rings. The molecule has 0 rings (SSSR count). The van der Waals surface area contributed by atoms with Gasteiger partial charge in [0.1, 0.15) is 0 Å². The molecule has 0 aromatic heterocycles. The summed E-state index contributed by atoms with van der Waals surface area (Å²) in [5.41, 5.74) is 5.11. The second-order valence-electron chi connectivity index (χ2n) is 1.92. The predicted octanol–water partition coefficient (Wildman–Crippen LogP) is -1.38. The summed E-state index contributed by atoms with van der Waals surface area (Å²) < 4.78 is 4.41. The number of hydrogen-bond donors (Lipinski definition) is 2. The monoisotopic (exact) mass is 160 g/mol. The Labute approximate surface area is 64.9 Å². The molecule has 3 N–H and O–H groups in total. The van der Waals surface area contributed by atoms with Gasteiger partial charge < -0.3 is 15.8 Å². The highest BCUT2D eigenvalue weighted by molar-refractivity contribution is 5.79. The first-order valence-corrected chi connectivity index (χ1v) is 3.27. The molecule has 5 nitrogen and oxygen atoms in total. The fraction of sp³-hybridized carbons (Fsp3) is 0.667. The number of hydrogen-bond acceptors (Lipinski definition) is 4. The van der Waals surface area contributed by atoms with Gasteiger partial charge in [0.05, 0.1) is 0 Å². The van der Waals surface area contributed by atoms with E-state index in [0.29, 0.717) is 13.1 Å². The van der Waals surface area contributed by atoms with E-state index >= 15 is 0 Å². The van der Waals surface area contributed by atoms with Crippen LogP contribution in [0.25, 0.3) is 0 Å². The number of amides is 1. The Balaban J connectivity index is 3.30. The van der Waals surface area contributed by atoms with Crippen LogP contribution in [0.4, 0.5) is 0 Å². The molecule has 5 heteroatoms. The number of carbonyl (C=O) groups is 2. The van der Waals surface area contributed by atoms with Crippen molar-refractivity contribution in [3.8, 4) is 0 Å². The maximum atomic E-state index is 10.7. The third-order valence-corrected chi connectivity index (χ3v) is 0.873. The number of ether oxygens (including phenoxy) is 1. The average Bonchev–Trinajstić information content (AvgIpc) is 1.97. The summed E-state index contributed by atoms with van der Waals surface area (Å²) >= 11 is 0. The molecule has 0 aliphatic heterocycles. The minimum absolute atomic E-state index is 0.227. The largest absolute Gasteiger partial charge is 0.456 e. The van der Waals surface area contributed by atoms with Crippen molar-refractivity contribution >= 4 is 11.9 Å². The van der Waals surface area contributed by atoms with E-state index in [-0.39, 0.29) is 12.5 Å². The Bertz CT molecular complexity index is 147. The molecule has 0 aliphatic carbocycles. The molecular formula is C6H12N2O3.